The molecule has 0 spiro atoms. The molecule has 96 valence electrons. The van der Waals surface area contributed by atoms with Gasteiger partial charge in [-0.2, -0.15) is 0 Å². The molecule has 1 aromatic carbocycles. The van der Waals surface area contributed by atoms with Crippen molar-refractivity contribution in [3.8, 4) is 5.75 Å². The molecule has 0 aromatic heterocycles. The molecule has 0 saturated heterocycles. The van der Waals surface area contributed by atoms with E-state index in [-0.39, 0.29) is 11.2 Å². The summed E-state index contributed by atoms with van der Waals surface area (Å²) >= 11 is 9.41. The van der Waals surface area contributed by atoms with Crippen molar-refractivity contribution in [1.29, 1.82) is 0 Å². The molecule has 1 nitrogen and oxygen atoms in total. The first-order valence-electron chi connectivity index (χ1n) is 5.71. The van der Waals surface area contributed by atoms with Gasteiger partial charge >= 0.3 is 0 Å². The molecule has 17 heavy (non-hydrogen) atoms. The van der Waals surface area contributed by atoms with Crippen molar-refractivity contribution in [2.45, 2.75) is 26.7 Å². The first-order valence-corrected chi connectivity index (χ1v) is 7.21. The number of rotatable bonds is 6. The summed E-state index contributed by atoms with van der Waals surface area (Å²) < 4.78 is 19.1. The van der Waals surface area contributed by atoms with Gasteiger partial charge in [-0.3, -0.25) is 0 Å². The second-order valence-corrected chi connectivity index (χ2v) is 5.15. The average molecular weight is 324 g/mol. The summed E-state index contributed by atoms with van der Waals surface area (Å²) in [6, 6.07) is 4.56. The van der Waals surface area contributed by atoms with E-state index in [1.165, 1.54) is 6.07 Å². The Morgan fingerprint density at radius 3 is 2.47 bits per heavy atom. The minimum absolute atomic E-state index is 0.0333. The van der Waals surface area contributed by atoms with E-state index in [0.29, 0.717) is 11.6 Å². The van der Waals surface area contributed by atoms with Gasteiger partial charge in [-0.25, -0.2) is 4.39 Å². The number of para-hydroxylation sites is 1. The topological polar surface area (TPSA) is 9.23 Å². The zero-order chi connectivity index (χ0) is 12.9. The summed E-state index contributed by atoms with van der Waals surface area (Å²) in [5.74, 6) is -0.255. The van der Waals surface area contributed by atoms with Crippen LogP contribution in [0.2, 0.25) is 5.02 Å². The van der Waals surface area contributed by atoms with E-state index >= 15 is 0 Å². The van der Waals surface area contributed by atoms with Crippen LogP contribution in [0.5, 0.6) is 5.75 Å². The van der Waals surface area contributed by atoms with E-state index in [1.807, 2.05) is 0 Å². The van der Waals surface area contributed by atoms with Crippen LogP contribution in [0.15, 0.2) is 18.2 Å². The minimum Gasteiger partial charge on any atom is -0.488 e. The Hall–Kier alpha value is -0.280. The van der Waals surface area contributed by atoms with Crippen LogP contribution in [0.4, 0.5) is 4.39 Å². The van der Waals surface area contributed by atoms with Crippen LogP contribution in [-0.4, -0.2) is 11.9 Å². The average Bonchev–Trinajstić information content (AvgIpc) is 2.34. The van der Waals surface area contributed by atoms with Crippen molar-refractivity contribution >= 4 is 27.5 Å². The van der Waals surface area contributed by atoms with Crippen LogP contribution in [0.1, 0.15) is 26.7 Å². The van der Waals surface area contributed by atoms with Crippen molar-refractivity contribution < 1.29 is 9.13 Å². The Bertz CT molecular complexity index is 338. The van der Waals surface area contributed by atoms with Crippen molar-refractivity contribution in [3.05, 3.63) is 29.0 Å². The van der Waals surface area contributed by atoms with E-state index in [1.54, 1.807) is 12.1 Å². The molecule has 0 aliphatic rings. The highest BCUT2D eigenvalue weighted by Gasteiger charge is 2.26. The molecule has 0 bridgehead atoms. The molecule has 0 aliphatic carbocycles. The Balaban J connectivity index is 2.79. The van der Waals surface area contributed by atoms with Gasteiger partial charge in [-0.05, 0) is 25.0 Å². The van der Waals surface area contributed by atoms with Gasteiger partial charge in [-0.1, -0.05) is 47.4 Å². The van der Waals surface area contributed by atoms with E-state index < -0.39 is 5.82 Å². The first kappa shape index (κ1) is 14.8. The van der Waals surface area contributed by atoms with Crippen molar-refractivity contribution in [3.63, 3.8) is 0 Å². The summed E-state index contributed by atoms with van der Waals surface area (Å²) in [7, 11) is 0. The molecule has 0 N–H and O–H groups in total. The molecule has 1 rings (SSSR count). The Kier molecular flexibility index (Phi) is 5.74. The van der Waals surface area contributed by atoms with Crippen molar-refractivity contribution in [1.82, 2.24) is 0 Å². The first-order chi connectivity index (χ1) is 8.08. The van der Waals surface area contributed by atoms with E-state index in [2.05, 4.69) is 29.8 Å². The summed E-state index contributed by atoms with van der Waals surface area (Å²) in [4.78, 5) is 0. The third-order valence-electron chi connectivity index (χ3n) is 3.23. The number of alkyl halides is 1. The molecule has 0 amide bonds. The Labute approximate surface area is 115 Å². The maximum absolute atomic E-state index is 13.5. The number of ether oxygens (including phenoxy) is 1. The molecule has 0 unspecified atom stereocenters. The fraction of sp³-hybridized carbons (Fsp3) is 0.538. The second kappa shape index (κ2) is 6.60. The van der Waals surface area contributed by atoms with E-state index in [0.717, 1.165) is 18.2 Å². The predicted octanol–water partition coefficient (Wildman–Crippen LogP) is 5.06. The molecule has 0 atom stereocenters. The number of benzene rings is 1. The van der Waals surface area contributed by atoms with Gasteiger partial charge in [0, 0.05) is 10.7 Å². The Morgan fingerprint density at radius 1 is 1.35 bits per heavy atom. The van der Waals surface area contributed by atoms with Crippen LogP contribution in [0.3, 0.4) is 0 Å². The lowest BCUT2D eigenvalue weighted by Gasteiger charge is -2.29. The predicted molar refractivity (Wildman–Crippen MR) is 73.7 cm³/mol. The molecule has 0 aliphatic heterocycles. The molecule has 0 saturated carbocycles. The third-order valence-corrected chi connectivity index (χ3v) is 4.71. The quantitative estimate of drug-likeness (QED) is 0.665. The number of hydrogen-bond acceptors (Lipinski definition) is 1. The minimum atomic E-state index is -0.409. The summed E-state index contributed by atoms with van der Waals surface area (Å²) in [5.41, 5.74) is 0.0333. The van der Waals surface area contributed by atoms with Crippen LogP contribution in [-0.2, 0) is 0 Å². The molecular formula is C13H17BrClFO. The molecule has 1 aromatic rings. The SMILES string of the molecule is CCC(CC)(CBr)COc1c(F)cccc1Cl. The summed E-state index contributed by atoms with van der Waals surface area (Å²) in [6.07, 6.45) is 1.95. The zero-order valence-corrected chi connectivity index (χ0v) is 12.4. The second-order valence-electron chi connectivity index (χ2n) is 4.18. The highest BCUT2D eigenvalue weighted by atomic mass is 79.9. The molecule has 0 fully saturated rings. The lowest BCUT2D eigenvalue weighted by Crippen LogP contribution is -2.29. The van der Waals surface area contributed by atoms with Crippen LogP contribution in [0, 0.1) is 11.2 Å². The summed E-state index contributed by atoms with van der Waals surface area (Å²) in [6.45, 7) is 4.68. The Morgan fingerprint density at radius 2 is 2.00 bits per heavy atom. The number of halogens is 3. The van der Waals surface area contributed by atoms with Crippen molar-refractivity contribution in [2.24, 2.45) is 5.41 Å². The van der Waals surface area contributed by atoms with Gasteiger partial charge < -0.3 is 4.74 Å². The van der Waals surface area contributed by atoms with E-state index in [4.69, 9.17) is 16.3 Å². The maximum atomic E-state index is 13.5. The molecular weight excluding hydrogens is 306 g/mol. The van der Waals surface area contributed by atoms with Gasteiger partial charge in [-0.15, -0.1) is 0 Å². The van der Waals surface area contributed by atoms with Crippen LogP contribution in [0.25, 0.3) is 0 Å². The molecule has 0 heterocycles. The zero-order valence-electron chi connectivity index (χ0n) is 10.1. The highest BCUT2D eigenvalue weighted by Crippen LogP contribution is 2.33. The molecule has 4 heteroatoms. The van der Waals surface area contributed by atoms with Crippen molar-refractivity contribution in [2.75, 3.05) is 11.9 Å². The van der Waals surface area contributed by atoms with Crippen LogP contribution < -0.4 is 4.74 Å². The fourth-order valence-electron chi connectivity index (χ4n) is 1.53. The highest BCUT2D eigenvalue weighted by molar-refractivity contribution is 9.09. The monoisotopic (exact) mass is 322 g/mol. The largest absolute Gasteiger partial charge is 0.488 e. The standard InChI is InChI=1S/C13H17BrClFO/c1-3-13(4-2,8-14)9-17-12-10(15)6-5-7-11(12)16/h5-7H,3-4,8-9H2,1-2H3. The van der Waals surface area contributed by atoms with Crippen LogP contribution >= 0.6 is 27.5 Å². The third kappa shape index (κ3) is 3.59. The smallest absolute Gasteiger partial charge is 0.173 e. The fourth-order valence-corrected chi connectivity index (χ4v) is 2.70. The maximum Gasteiger partial charge on any atom is 0.173 e. The summed E-state index contributed by atoms with van der Waals surface area (Å²) in [5, 5.41) is 1.15. The van der Waals surface area contributed by atoms with Gasteiger partial charge in [0.05, 0.1) is 11.6 Å². The van der Waals surface area contributed by atoms with Gasteiger partial charge in [0.15, 0.2) is 11.6 Å². The van der Waals surface area contributed by atoms with Gasteiger partial charge in [0.25, 0.3) is 0 Å². The van der Waals surface area contributed by atoms with E-state index in [9.17, 15) is 4.39 Å². The lowest BCUT2D eigenvalue weighted by atomic mass is 9.86. The number of hydrogen-bond donors (Lipinski definition) is 0. The molecule has 0 radical (unpaired) electrons. The van der Waals surface area contributed by atoms with Gasteiger partial charge in [0.2, 0.25) is 0 Å². The van der Waals surface area contributed by atoms with Gasteiger partial charge in [0.1, 0.15) is 0 Å². The normalized spacial score (nSPS) is 11.6. The lowest BCUT2D eigenvalue weighted by molar-refractivity contribution is 0.153.